The molecular formula is C7H12NO2PS. The van der Waals surface area contributed by atoms with Crippen LogP contribution in [0, 0.1) is 12.3 Å². The van der Waals surface area contributed by atoms with E-state index in [1.54, 1.807) is 11.7 Å². The van der Waals surface area contributed by atoms with Crippen molar-refractivity contribution in [1.82, 2.24) is 4.67 Å². The highest BCUT2D eigenvalue weighted by atomic mass is 32.7. The largest absolute Gasteiger partial charge is 0.329 e. The molecule has 0 radical (unpaired) electrons. The molecule has 0 bridgehead atoms. The lowest BCUT2D eigenvalue weighted by Gasteiger charge is -2.32. The fourth-order valence-electron chi connectivity index (χ4n) is 1.02. The van der Waals surface area contributed by atoms with Gasteiger partial charge in [0.15, 0.2) is 0 Å². The van der Waals surface area contributed by atoms with Crippen LogP contribution in [-0.4, -0.2) is 30.6 Å². The number of hydrogen-bond acceptors (Lipinski definition) is 3. The van der Waals surface area contributed by atoms with Crippen molar-refractivity contribution in [2.45, 2.75) is 11.7 Å². The Balaban J connectivity index is 2.73. The first-order valence-corrected chi connectivity index (χ1v) is 6.70. The smallest absolute Gasteiger partial charge is 0.313 e. The quantitative estimate of drug-likeness (QED) is 0.482. The lowest BCUT2D eigenvalue weighted by atomic mass is 10.3. The number of hydrogen-bond donors (Lipinski definition) is 0. The first-order valence-electron chi connectivity index (χ1n) is 3.64. The topological polar surface area (TPSA) is 29.5 Å². The number of nitrogens with zero attached hydrogens (tertiary/aromatic N) is 1. The van der Waals surface area contributed by atoms with Crippen molar-refractivity contribution in [1.29, 1.82) is 0 Å². The molecule has 1 saturated heterocycles. The lowest BCUT2D eigenvalue weighted by molar-refractivity contribution is 0.340. The summed E-state index contributed by atoms with van der Waals surface area (Å²) < 4.78 is 18.6. The number of rotatable bonds is 1. The maximum atomic E-state index is 11.9. The van der Waals surface area contributed by atoms with E-state index in [0.29, 0.717) is 0 Å². The van der Waals surface area contributed by atoms with E-state index in [9.17, 15) is 4.57 Å². The van der Waals surface area contributed by atoms with Gasteiger partial charge in [-0.05, 0) is 24.9 Å². The number of terminal acetylenes is 1. The average molecular weight is 205 g/mol. The Morgan fingerprint density at radius 3 is 3.00 bits per heavy atom. The van der Waals surface area contributed by atoms with E-state index in [2.05, 4.69) is 5.92 Å². The van der Waals surface area contributed by atoms with Crippen LogP contribution in [0.15, 0.2) is 0 Å². The van der Waals surface area contributed by atoms with Crippen molar-refractivity contribution in [3.05, 3.63) is 0 Å². The molecule has 68 valence electrons. The van der Waals surface area contributed by atoms with Crippen molar-refractivity contribution >= 4 is 18.1 Å². The monoisotopic (exact) mass is 205 g/mol. The normalized spacial score (nSPS) is 37.6. The molecule has 12 heavy (non-hydrogen) atoms. The van der Waals surface area contributed by atoms with Crippen LogP contribution in [0.25, 0.3) is 0 Å². The molecule has 2 atom stereocenters. The third kappa shape index (κ3) is 1.86. The van der Waals surface area contributed by atoms with E-state index in [1.165, 1.54) is 18.5 Å². The third-order valence-electron chi connectivity index (χ3n) is 1.81. The summed E-state index contributed by atoms with van der Waals surface area (Å²) in [5, 5.41) is 0.0342. The Labute approximate surface area is 77.1 Å². The minimum absolute atomic E-state index is 0.0342. The lowest BCUT2D eigenvalue weighted by Crippen LogP contribution is -2.24. The maximum absolute atomic E-state index is 11.9. The molecular weight excluding hydrogens is 193 g/mol. The predicted octanol–water partition coefficient (Wildman–Crippen LogP) is 1.81. The summed E-state index contributed by atoms with van der Waals surface area (Å²) in [4.78, 5) is 0. The zero-order valence-electron chi connectivity index (χ0n) is 7.19. The van der Waals surface area contributed by atoms with Gasteiger partial charge in [0.1, 0.15) is 0 Å². The highest BCUT2D eigenvalue weighted by molar-refractivity contribution is 8.56. The molecule has 0 aromatic rings. The summed E-state index contributed by atoms with van der Waals surface area (Å²) in [5.41, 5.74) is 0. The van der Waals surface area contributed by atoms with Crippen LogP contribution in [0.5, 0.6) is 0 Å². The zero-order valence-corrected chi connectivity index (χ0v) is 8.90. The molecule has 0 N–H and O–H groups in total. The second-order valence-electron chi connectivity index (χ2n) is 2.58. The average Bonchev–Trinajstić information content (AvgIpc) is 2.10. The van der Waals surface area contributed by atoms with Gasteiger partial charge in [-0.1, -0.05) is 5.92 Å². The van der Waals surface area contributed by atoms with E-state index in [0.717, 1.165) is 13.0 Å². The van der Waals surface area contributed by atoms with Gasteiger partial charge in [0.2, 0.25) is 0 Å². The second-order valence-corrected chi connectivity index (χ2v) is 7.36. The molecule has 0 aromatic carbocycles. The van der Waals surface area contributed by atoms with Gasteiger partial charge in [-0.15, -0.1) is 6.42 Å². The van der Waals surface area contributed by atoms with E-state index in [1.807, 2.05) is 0 Å². The molecule has 0 aromatic heterocycles. The van der Waals surface area contributed by atoms with Crippen molar-refractivity contribution in [3.8, 4) is 12.3 Å². The molecule has 3 nitrogen and oxygen atoms in total. The Morgan fingerprint density at radius 2 is 2.50 bits per heavy atom. The first kappa shape index (κ1) is 10.1. The fraction of sp³-hybridized carbons (Fsp3) is 0.714. The summed E-state index contributed by atoms with van der Waals surface area (Å²) in [6.07, 6.45) is 6.14. The molecule has 0 spiro atoms. The molecule has 2 unspecified atom stereocenters. The summed E-state index contributed by atoms with van der Waals surface area (Å²) in [6, 6.07) is 0. The molecule has 1 fully saturated rings. The van der Waals surface area contributed by atoms with Crippen LogP contribution in [-0.2, 0) is 9.09 Å². The van der Waals surface area contributed by atoms with Crippen LogP contribution in [0.3, 0.4) is 0 Å². The van der Waals surface area contributed by atoms with E-state index >= 15 is 0 Å². The molecule has 0 aliphatic carbocycles. The maximum Gasteiger partial charge on any atom is 0.329 e. The van der Waals surface area contributed by atoms with Crippen LogP contribution >= 0.6 is 18.1 Å². The fourth-order valence-corrected chi connectivity index (χ4v) is 4.95. The molecule has 5 heteroatoms. The molecule has 0 amide bonds. The SMILES string of the molecule is C#CC1CCN(C)P(=O)(OC)S1. The van der Waals surface area contributed by atoms with Gasteiger partial charge in [-0.25, -0.2) is 4.67 Å². The highest BCUT2D eigenvalue weighted by Crippen LogP contribution is 2.65. The molecule has 1 heterocycles. The Bertz CT molecular complexity index is 250. The Kier molecular flexibility index (Phi) is 3.25. The Morgan fingerprint density at radius 1 is 1.83 bits per heavy atom. The van der Waals surface area contributed by atoms with Crippen molar-refractivity contribution < 1.29 is 9.09 Å². The minimum atomic E-state index is -2.65. The standard InChI is InChI=1S/C7H12NO2PS/c1-4-7-5-6-8(2)11(9,10-3)12-7/h1,7H,5-6H2,2-3H3. The molecule has 1 aliphatic heterocycles. The van der Waals surface area contributed by atoms with Gasteiger partial charge in [-0.3, -0.25) is 4.57 Å². The van der Waals surface area contributed by atoms with Crippen LogP contribution in [0.4, 0.5) is 0 Å². The highest BCUT2D eigenvalue weighted by Gasteiger charge is 2.36. The second kappa shape index (κ2) is 3.85. The molecule has 1 rings (SSSR count). The summed E-state index contributed by atoms with van der Waals surface area (Å²) in [6.45, 7) is -1.91. The zero-order chi connectivity index (χ0) is 9.19. The van der Waals surface area contributed by atoms with Crippen LogP contribution in [0.1, 0.15) is 6.42 Å². The van der Waals surface area contributed by atoms with Crippen LogP contribution < -0.4 is 0 Å². The van der Waals surface area contributed by atoms with E-state index < -0.39 is 6.72 Å². The summed E-state index contributed by atoms with van der Waals surface area (Å²) >= 11 is 1.27. The molecule has 1 aliphatic rings. The molecule has 0 saturated carbocycles. The van der Waals surface area contributed by atoms with Crippen molar-refractivity contribution in [3.63, 3.8) is 0 Å². The van der Waals surface area contributed by atoms with Crippen molar-refractivity contribution in [2.75, 3.05) is 20.7 Å². The van der Waals surface area contributed by atoms with E-state index in [4.69, 9.17) is 10.9 Å². The van der Waals surface area contributed by atoms with Gasteiger partial charge in [-0.2, -0.15) is 0 Å². The van der Waals surface area contributed by atoms with Gasteiger partial charge in [0, 0.05) is 13.7 Å². The van der Waals surface area contributed by atoms with Gasteiger partial charge >= 0.3 is 6.72 Å². The van der Waals surface area contributed by atoms with Gasteiger partial charge in [0.05, 0.1) is 5.25 Å². The van der Waals surface area contributed by atoms with Crippen LogP contribution in [0.2, 0.25) is 0 Å². The Hall–Kier alpha value is 0.0600. The third-order valence-corrected chi connectivity index (χ3v) is 7.05. The van der Waals surface area contributed by atoms with E-state index in [-0.39, 0.29) is 5.25 Å². The minimum Gasteiger partial charge on any atom is -0.313 e. The predicted molar refractivity (Wildman–Crippen MR) is 52.1 cm³/mol. The van der Waals surface area contributed by atoms with Crippen molar-refractivity contribution in [2.24, 2.45) is 0 Å². The van der Waals surface area contributed by atoms with Gasteiger partial charge in [0.25, 0.3) is 0 Å². The first-order chi connectivity index (χ1) is 5.62. The summed E-state index contributed by atoms with van der Waals surface area (Å²) in [7, 11) is 3.26. The summed E-state index contributed by atoms with van der Waals surface area (Å²) in [5.74, 6) is 2.60. The van der Waals surface area contributed by atoms with Gasteiger partial charge < -0.3 is 4.52 Å².